The lowest BCUT2D eigenvalue weighted by Crippen LogP contribution is -2.32. The fraction of sp³-hybridized carbons (Fsp3) is 0.278. The molecule has 1 unspecified atom stereocenters. The molecule has 1 heterocycles. The van der Waals surface area contributed by atoms with Crippen molar-refractivity contribution in [2.45, 2.75) is 23.8 Å². The van der Waals surface area contributed by atoms with Gasteiger partial charge in [-0.2, -0.15) is 0 Å². The number of nitrogens with one attached hydrogen (secondary N) is 2. The highest BCUT2D eigenvalue weighted by atomic mass is 32.2. The smallest absolute Gasteiger partial charge is 0.261 e. The highest BCUT2D eigenvalue weighted by molar-refractivity contribution is 7.92. The standard InChI is InChI=1S/C18H20N2O4S/c21-18(19-13-14-7-6-12-24-14)16-10-4-5-11-17(16)20-25(22,23)15-8-2-1-3-9-15/h1-5,8-11,14,20H,6-7,12-13H2,(H,19,21). The van der Waals surface area contributed by atoms with Crippen LogP contribution in [0.2, 0.25) is 0 Å². The molecule has 2 aromatic carbocycles. The molecule has 1 aliphatic heterocycles. The van der Waals surface area contributed by atoms with Gasteiger partial charge in [0.1, 0.15) is 0 Å². The second kappa shape index (κ2) is 7.67. The predicted molar refractivity (Wildman–Crippen MR) is 95.0 cm³/mol. The van der Waals surface area contributed by atoms with E-state index >= 15 is 0 Å². The summed E-state index contributed by atoms with van der Waals surface area (Å²) in [7, 11) is -3.75. The number of anilines is 1. The first kappa shape index (κ1) is 17.4. The van der Waals surface area contributed by atoms with E-state index in [1.165, 1.54) is 12.1 Å². The Kier molecular flexibility index (Phi) is 5.35. The summed E-state index contributed by atoms with van der Waals surface area (Å²) in [6.07, 6.45) is 1.94. The SMILES string of the molecule is O=C(NCC1CCCO1)c1ccccc1NS(=O)(=O)c1ccccc1. The van der Waals surface area contributed by atoms with Gasteiger partial charge in [0.05, 0.1) is 22.3 Å². The summed E-state index contributed by atoms with van der Waals surface area (Å²) in [5.41, 5.74) is 0.524. The van der Waals surface area contributed by atoms with Gasteiger partial charge in [-0.25, -0.2) is 8.42 Å². The first-order valence-electron chi connectivity index (χ1n) is 8.13. The van der Waals surface area contributed by atoms with Crippen molar-refractivity contribution in [1.82, 2.24) is 5.32 Å². The van der Waals surface area contributed by atoms with E-state index in [0.29, 0.717) is 13.2 Å². The Morgan fingerprint density at radius 1 is 1.08 bits per heavy atom. The summed E-state index contributed by atoms with van der Waals surface area (Å²) in [4.78, 5) is 12.6. The zero-order chi connectivity index (χ0) is 17.7. The van der Waals surface area contributed by atoms with Gasteiger partial charge in [0.2, 0.25) is 0 Å². The van der Waals surface area contributed by atoms with Gasteiger partial charge in [0.25, 0.3) is 15.9 Å². The molecule has 1 atom stereocenters. The van der Waals surface area contributed by atoms with Gasteiger partial charge in [-0.15, -0.1) is 0 Å². The molecule has 6 nitrogen and oxygen atoms in total. The lowest BCUT2D eigenvalue weighted by Gasteiger charge is -2.14. The van der Waals surface area contributed by atoms with Crippen LogP contribution in [0, 0.1) is 0 Å². The van der Waals surface area contributed by atoms with Crippen LogP contribution in [0.5, 0.6) is 0 Å². The van der Waals surface area contributed by atoms with Gasteiger partial charge in [0, 0.05) is 13.2 Å². The third-order valence-corrected chi connectivity index (χ3v) is 5.37. The summed E-state index contributed by atoms with van der Waals surface area (Å²) in [5.74, 6) is -0.332. The van der Waals surface area contributed by atoms with Crippen molar-refractivity contribution >= 4 is 21.6 Å². The number of para-hydroxylation sites is 1. The van der Waals surface area contributed by atoms with Gasteiger partial charge in [-0.05, 0) is 37.1 Å². The number of amides is 1. The fourth-order valence-electron chi connectivity index (χ4n) is 2.68. The van der Waals surface area contributed by atoms with Crippen LogP contribution in [0.25, 0.3) is 0 Å². The summed E-state index contributed by atoms with van der Waals surface area (Å²) in [6.45, 7) is 1.13. The number of carbonyl (C=O) groups is 1. The summed E-state index contributed by atoms with van der Waals surface area (Å²) in [6, 6.07) is 14.6. The van der Waals surface area contributed by atoms with Gasteiger partial charge in [-0.1, -0.05) is 30.3 Å². The Hall–Kier alpha value is -2.38. The Morgan fingerprint density at radius 3 is 2.52 bits per heavy atom. The number of carbonyl (C=O) groups excluding carboxylic acids is 1. The molecule has 1 amide bonds. The van der Waals surface area contributed by atoms with Gasteiger partial charge in [0.15, 0.2) is 0 Å². The maximum atomic E-state index is 12.5. The van der Waals surface area contributed by atoms with Crippen LogP contribution >= 0.6 is 0 Å². The van der Waals surface area contributed by atoms with Crippen LogP contribution in [-0.2, 0) is 14.8 Å². The van der Waals surface area contributed by atoms with Crippen molar-refractivity contribution in [3.63, 3.8) is 0 Å². The average molecular weight is 360 g/mol. The van der Waals surface area contributed by atoms with Crippen LogP contribution in [0.4, 0.5) is 5.69 Å². The minimum Gasteiger partial charge on any atom is -0.376 e. The molecule has 2 N–H and O–H groups in total. The molecule has 0 radical (unpaired) electrons. The maximum Gasteiger partial charge on any atom is 0.261 e. The van der Waals surface area contributed by atoms with Gasteiger partial charge in [-0.3, -0.25) is 9.52 Å². The molecule has 2 aromatic rings. The van der Waals surface area contributed by atoms with Crippen molar-refractivity contribution in [2.75, 3.05) is 17.9 Å². The molecule has 1 aliphatic rings. The van der Waals surface area contributed by atoms with Crippen molar-refractivity contribution in [2.24, 2.45) is 0 Å². The van der Waals surface area contributed by atoms with E-state index in [-0.39, 0.29) is 28.2 Å². The normalized spacial score (nSPS) is 17.2. The number of hydrogen-bond acceptors (Lipinski definition) is 4. The summed E-state index contributed by atoms with van der Waals surface area (Å²) in [5, 5.41) is 2.81. The summed E-state index contributed by atoms with van der Waals surface area (Å²) >= 11 is 0. The molecule has 132 valence electrons. The van der Waals surface area contributed by atoms with Crippen LogP contribution in [-0.4, -0.2) is 33.6 Å². The minimum atomic E-state index is -3.75. The first-order chi connectivity index (χ1) is 12.1. The third kappa shape index (κ3) is 4.37. The zero-order valence-corrected chi connectivity index (χ0v) is 14.5. The minimum absolute atomic E-state index is 0.0251. The number of benzene rings is 2. The molecular formula is C18H20N2O4S. The average Bonchev–Trinajstić information content (AvgIpc) is 3.14. The van der Waals surface area contributed by atoms with Crippen LogP contribution in [0.3, 0.4) is 0 Å². The first-order valence-corrected chi connectivity index (χ1v) is 9.61. The molecular weight excluding hydrogens is 340 g/mol. The largest absolute Gasteiger partial charge is 0.376 e. The number of rotatable bonds is 6. The Bertz CT molecular complexity index is 831. The second-order valence-corrected chi connectivity index (χ2v) is 7.49. The Morgan fingerprint density at radius 2 is 1.80 bits per heavy atom. The molecule has 0 bridgehead atoms. The van der Waals surface area contributed by atoms with Crippen molar-refractivity contribution in [3.05, 3.63) is 60.2 Å². The van der Waals surface area contributed by atoms with Crippen molar-refractivity contribution in [1.29, 1.82) is 0 Å². The van der Waals surface area contributed by atoms with Crippen LogP contribution in [0.15, 0.2) is 59.5 Å². The van der Waals surface area contributed by atoms with Crippen LogP contribution < -0.4 is 10.0 Å². The highest BCUT2D eigenvalue weighted by Crippen LogP contribution is 2.20. The van der Waals surface area contributed by atoms with E-state index in [2.05, 4.69) is 10.0 Å². The molecule has 7 heteroatoms. The fourth-order valence-corrected chi connectivity index (χ4v) is 3.78. The predicted octanol–water partition coefficient (Wildman–Crippen LogP) is 2.40. The van der Waals surface area contributed by atoms with E-state index in [1.54, 1.807) is 42.5 Å². The zero-order valence-electron chi connectivity index (χ0n) is 13.6. The van der Waals surface area contributed by atoms with Crippen LogP contribution in [0.1, 0.15) is 23.2 Å². The van der Waals surface area contributed by atoms with E-state index in [4.69, 9.17) is 4.74 Å². The van der Waals surface area contributed by atoms with E-state index in [9.17, 15) is 13.2 Å². The Balaban J connectivity index is 1.75. The number of hydrogen-bond donors (Lipinski definition) is 2. The van der Waals surface area contributed by atoms with E-state index in [0.717, 1.165) is 12.8 Å². The molecule has 0 spiro atoms. The monoisotopic (exact) mass is 360 g/mol. The molecule has 3 rings (SSSR count). The lowest BCUT2D eigenvalue weighted by molar-refractivity contribution is 0.0858. The van der Waals surface area contributed by atoms with Crippen molar-refractivity contribution < 1.29 is 17.9 Å². The van der Waals surface area contributed by atoms with E-state index in [1.807, 2.05) is 0 Å². The summed E-state index contributed by atoms with van der Waals surface area (Å²) < 4.78 is 32.9. The number of ether oxygens (including phenoxy) is 1. The topological polar surface area (TPSA) is 84.5 Å². The highest BCUT2D eigenvalue weighted by Gasteiger charge is 2.20. The van der Waals surface area contributed by atoms with Gasteiger partial charge < -0.3 is 10.1 Å². The maximum absolute atomic E-state index is 12.5. The molecule has 25 heavy (non-hydrogen) atoms. The number of sulfonamides is 1. The molecule has 1 fully saturated rings. The molecule has 0 saturated carbocycles. The van der Waals surface area contributed by atoms with Crippen molar-refractivity contribution in [3.8, 4) is 0 Å². The Labute approximate surface area is 147 Å². The quantitative estimate of drug-likeness (QED) is 0.828. The second-order valence-electron chi connectivity index (χ2n) is 5.81. The molecule has 1 saturated heterocycles. The molecule has 0 aliphatic carbocycles. The third-order valence-electron chi connectivity index (χ3n) is 3.98. The molecule has 0 aromatic heterocycles. The van der Waals surface area contributed by atoms with E-state index < -0.39 is 10.0 Å². The lowest BCUT2D eigenvalue weighted by atomic mass is 10.1. The van der Waals surface area contributed by atoms with Gasteiger partial charge >= 0.3 is 0 Å².